The third-order valence-corrected chi connectivity index (χ3v) is 2.82. The number of aromatic nitrogens is 1. The number of anilines is 1. The number of thiazole rings is 1. The van der Waals surface area contributed by atoms with Gasteiger partial charge >= 0.3 is 0 Å². The van der Waals surface area contributed by atoms with Crippen LogP contribution in [0.3, 0.4) is 0 Å². The summed E-state index contributed by atoms with van der Waals surface area (Å²) in [7, 11) is 0. The van der Waals surface area contributed by atoms with Crippen LogP contribution in [0.15, 0.2) is 35.8 Å². The quantitative estimate of drug-likeness (QED) is 0.863. The molecule has 84 valence electrons. The van der Waals surface area contributed by atoms with E-state index in [-0.39, 0.29) is 0 Å². The summed E-state index contributed by atoms with van der Waals surface area (Å²) in [4.78, 5) is 4.17. The van der Waals surface area contributed by atoms with E-state index in [4.69, 9.17) is 4.74 Å². The van der Waals surface area contributed by atoms with Gasteiger partial charge in [-0.05, 0) is 24.6 Å². The summed E-state index contributed by atoms with van der Waals surface area (Å²) in [5, 5.41) is 6.17. The smallest absolute Gasteiger partial charge is 0.182 e. The van der Waals surface area contributed by atoms with Crippen molar-refractivity contribution in [2.75, 3.05) is 11.9 Å². The van der Waals surface area contributed by atoms with Crippen molar-refractivity contribution in [2.24, 2.45) is 0 Å². The molecule has 0 bridgehead atoms. The van der Waals surface area contributed by atoms with Gasteiger partial charge in [-0.1, -0.05) is 12.1 Å². The second kappa shape index (κ2) is 5.51. The number of benzene rings is 1. The number of rotatable bonds is 5. The van der Waals surface area contributed by atoms with Crippen molar-refractivity contribution in [1.29, 1.82) is 0 Å². The minimum atomic E-state index is 0.698. The molecule has 1 aromatic carbocycles. The number of hydrogen-bond acceptors (Lipinski definition) is 4. The molecule has 0 amide bonds. The minimum absolute atomic E-state index is 0.698. The third-order valence-electron chi connectivity index (χ3n) is 2.09. The first-order chi connectivity index (χ1) is 7.88. The average molecular weight is 234 g/mol. The fraction of sp³-hybridized carbons (Fsp3) is 0.250. The van der Waals surface area contributed by atoms with Crippen LogP contribution in [-0.2, 0) is 6.54 Å². The Morgan fingerprint density at radius 3 is 3.12 bits per heavy atom. The number of hydrogen-bond donors (Lipinski definition) is 1. The molecule has 4 heteroatoms. The maximum Gasteiger partial charge on any atom is 0.182 e. The molecule has 0 radical (unpaired) electrons. The molecule has 1 heterocycles. The van der Waals surface area contributed by atoms with Crippen molar-refractivity contribution < 1.29 is 4.74 Å². The first-order valence-corrected chi connectivity index (χ1v) is 6.11. The third kappa shape index (κ3) is 2.97. The maximum absolute atomic E-state index is 5.44. The van der Waals surface area contributed by atoms with E-state index in [2.05, 4.69) is 16.4 Å². The standard InChI is InChI=1S/C12H14N2OS/c1-2-15-11-5-3-4-10(8-11)9-14-12-13-6-7-16-12/h3-8H,2,9H2,1H3,(H,13,14). The lowest BCUT2D eigenvalue weighted by atomic mass is 10.2. The summed E-state index contributed by atoms with van der Waals surface area (Å²) >= 11 is 1.60. The van der Waals surface area contributed by atoms with Gasteiger partial charge in [0.25, 0.3) is 0 Å². The summed E-state index contributed by atoms with van der Waals surface area (Å²) in [6, 6.07) is 8.09. The summed E-state index contributed by atoms with van der Waals surface area (Å²) in [5.41, 5.74) is 1.20. The summed E-state index contributed by atoms with van der Waals surface area (Å²) in [6.45, 7) is 3.46. The van der Waals surface area contributed by atoms with Crippen LogP contribution in [0.2, 0.25) is 0 Å². The molecule has 0 fully saturated rings. The van der Waals surface area contributed by atoms with Gasteiger partial charge in [-0.25, -0.2) is 4.98 Å². The van der Waals surface area contributed by atoms with Gasteiger partial charge in [0.1, 0.15) is 5.75 Å². The molecule has 0 aliphatic heterocycles. The lowest BCUT2D eigenvalue weighted by molar-refractivity contribution is 0.340. The van der Waals surface area contributed by atoms with E-state index < -0.39 is 0 Å². The van der Waals surface area contributed by atoms with Crippen molar-refractivity contribution in [3.8, 4) is 5.75 Å². The van der Waals surface area contributed by atoms with Crippen molar-refractivity contribution >= 4 is 16.5 Å². The SMILES string of the molecule is CCOc1cccc(CNc2nccs2)c1. The zero-order valence-electron chi connectivity index (χ0n) is 9.14. The van der Waals surface area contributed by atoms with Crippen LogP contribution in [0.25, 0.3) is 0 Å². The molecule has 0 atom stereocenters. The Hall–Kier alpha value is -1.55. The highest BCUT2D eigenvalue weighted by atomic mass is 32.1. The Balaban J connectivity index is 1.96. The van der Waals surface area contributed by atoms with Crippen molar-refractivity contribution in [3.63, 3.8) is 0 Å². The molecule has 0 aliphatic carbocycles. The number of nitrogens with one attached hydrogen (secondary N) is 1. The molecule has 16 heavy (non-hydrogen) atoms. The topological polar surface area (TPSA) is 34.1 Å². The first kappa shape index (κ1) is 11.0. The lowest BCUT2D eigenvalue weighted by Gasteiger charge is -2.06. The molecule has 0 spiro atoms. The molecule has 1 aromatic heterocycles. The molecular formula is C12H14N2OS. The van der Waals surface area contributed by atoms with E-state index in [1.807, 2.05) is 30.5 Å². The minimum Gasteiger partial charge on any atom is -0.494 e. The van der Waals surface area contributed by atoms with Crippen LogP contribution >= 0.6 is 11.3 Å². The molecule has 1 N–H and O–H groups in total. The predicted octanol–water partition coefficient (Wildman–Crippen LogP) is 3.15. The molecule has 3 nitrogen and oxygen atoms in total. The van der Waals surface area contributed by atoms with Gasteiger partial charge in [0, 0.05) is 18.1 Å². The molecule has 2 rings (SSSR count). The normalized spacial score (nSPS) is 10.1. The van der Waals surface area contributed by atoms with Crippen LogP contribution in [0.1, 0.15) is 12.5 Å². The predicted molar refractivity (Wildman–Crippen MR) is 67.1 cm³/mol. The molecule has 0 aliphatic rings. The molecular weight excluding hydrogens is 220 g/mol. The van der Waals surface area contributed by atoms with E-state index in [0.29, 0.717) is 6.61 Å². The highest BCUT2D eigenvalue weighted by Crippen LogP contribution is 2.16. The molecule has 0 saturated heterocycles. The van der Waals surface area contributed by atoms with Crippen molar-refractivity contribution in [1.82, 2.24) is 4.98 Å². The first-order valence-electron chi connectivity index (χ1n) is 5.23. The maximum atomic E-state index is 5.44. The Morgan fingerprint density at radius 1 is 1.44 bits per heavy atom. The molecule has 2 aromatic rings. The Kier molecular flexibility index (Phi) is 3.77. The van der Waals surface area contributed by atoms with Gasteiger partial charge < -0.3 is 10.1 Å². The summed E-state index contributed by atoms with van der Waals surface area (Å²) in [5.74, 6) is 0.918. The lowest BCUT2D eigenvalue weighted by Crippen LogP contribution is -1.99. The van der Waals surface area contributed by atoms with Crippen LogP contribution in [-0.4, -0.2) is 11.6 Å². The zero-order valence-corrected chi connectivity index (χ0v) is 9.96. The Bertz CT molecular complexity index is 428. The second-order valence-electron chi connectivity index (χ2n) is 3.27. The highest BCUT2D eigenvalue weighted by molar-refractivity contribution is 7.13. The van der Waals surface area contributed by atoms with Crippen molar-refractivity contribution in [2.45, 2.75) is 13.5 Å². The van der Waals surface area contributed by atoms with Gasteiger partial charge in [-0.2, -0.15) is 0 Å². The van der Waals surface area contributed by atoms with Crippen molar-refractivity contribution in [3.05, 3.63) is 41.4 Å². The van der Waals surface area contributed by atoms with Crippen LogP contribution < -0.4 is 10.1 Å². The fourth-order valence-electron chi connectivity index (χ4n) is 1.40. The number of ether oxygens (including phenoxy) is 1. The Morgan fingerprint density at radius 2 is 2.38 bits per heavy atom. The molecule has 0 saturated carbocycles. The number of nitrogens with zero attached hydrogens (tertiary/aromatic N) is 1. The summed E-state index contributed by atoms with van der Waals surface area (Å²) in [6.07, 6.45) is 1.80. The van der Waals surface area contributed by atoms with Gasteiger partial charge in [0.2, 0.25) is 0 Å². The van der Waals surface area contributed by atoms with E-state index in [1.165, 1.54) is 5.56 Å². The monoisotopic (exact) mass is 234 g/mol. The van der Waals surface area contributed by atoms with Gasteiger partial charge in [0.05, 0.1) is 6.61 Å². The van der Waals surface area contributed by atoms with E-state index in [9.17, 15) is 0 Å². The second-order valence-corrected chi connectivity index (χ2v) is 4.17. The van der Waals surface area contributed by atoms with Crippen LogP contribution in [0.4, 0.5) is 5.13 Å². The van der Waals surface area contributed by atoms with Gasteiger partial charge in [0.15, 0.2) is 5.13 Å². The summed E-state index contributed by atoms with van der Waals surface area (Å²) < 4.78 is 5.44. The van der Waals surface area contributed by atoms with E-state index >= 15 is 0 Å². The average Bonchev–Trinajstić information content (AvgIpc) is 2.80. The van der Waals surface area contributed by atoms with E-state index in [1.54, 1.807) is 17.5 Å². The van der Waals surface area contributed by atoms with Crippen LogP contribution in [0, 0.1) is 0 Å². The highest BCUT2D eigenvalue weighted by Gasteiger charge is 1.98. The van der Waals surface area contributed by atoms with E-state index in [0.717, 1.165) is 17.4 Å². The van der Waals surface area contributed by atoms with Gasteiger partial charge in [-0.3, -0.25) is 0 Å². The zero-order chi connectivity index (χ0) is 11.2. The largest absolute Gasteiger partial charge is 0.494 e. The van der Waals surface area contributed by atoms with Gasteiger partial charge in [-0.15, -0.1) is 11.3 Å². The Labute approximate surface area is 99.1 Å². The van der Waals surface area contributed by atoms with Crippen LogP contribution in [0.5, 0.6) is 5.75 Å². The fourth-order valence-corrected chi connectivity index (χ4v) is 1.93. The molecule has 0 unspecified atom stereocenters.